The maximum atomic E-state index is 6.05. The van der Waals surface area contributed by atoms with Crippen LogP contribution in [0.15, 0.2) is 42.5 Å². The van der Waals surface area contributed by atoms with E-state index in [2.05, 4.69) is 6.92 Å². The van der Waals surface area contributed by atoms with Crippen molar-refractivity contribution in [3.63, 3.8) is 0 Å². The van der Waals surface area contributed by atoms with E-state index in [0.717, 1.165) is 16.9 Å². The molecule has 0 N–H and O–H groups in total. The lowest BCUT2D eigenvalue weighted by Crippen LogP contribution is -1.96. The Kier molecular flexibility index (Phi) is 3.93. The lowest BCUT2D eigenvalue weighted by Gasteiger charge is -2.08. The van der Waals surface area contributed by atoms with Crippen LogP contribution in [0.3, 0.4) is 0 Å². The van der Waals surface area contributed by atoms with E-state index in [0.29, 0.717) is 16.7 Å². The first-order valence-electron chi connectivity index (χ1n) is 5.14. The van der Waals surface area contributed by atoms with Gasteiger partial charge in [-0.3, -0.25) is 0 Å². The van der Waals surface area contributed by atoms with Crippen LogP contribution in [-0.2, 0) is 6.61 Å². The number of halogens is 2. The highest BCUT2D eigenvalue weighted by Gasteiger charge is 2.02. The molecule has 1 nitrogen and oxygen atoms in total. The standard InChI is InChI=1S/C14H11Cl2O/c1-10-2-6-13(7-3-10)17-9-11-4-5-12(15)8-14(11)16/h2-8H,1,9H2. The highest BCUT2D eigenvalue weighted by molar-refractivity contribution is 6.35. The van der Waals surface area contributed by atoms with E-state index in [1.165, 1.54) is 0 Å². The first-order valence-corrected chi connectivity index (χ1v) is 5.89. The summed E-state index contributed by atoms with van der Waals surface area (Å²) >= 11 is 11.9. The largest absolute Gasteiger partial charge is 0.489 e. The number of hydrogen-bond acceptors (Lipinski definition) is 1. The fourth-order valence-corrected chi connectivity index (χ4v) is 1.85. The van der Waals surface area contributed by atoms with Gasteiger partial charge in [0.2, 0.25) is 0 Å². The molecule has 0 saturated carbocycles. The van der Waals surface area contributed by atoms with Gasteiger partial charge in [-0.2, -0.15) is 0 Å². The van der Waals surface area contributed by atoms with Gasteiger partial charge in [0.15, 0.2) is 0 Å². The Morgan fingerprint density at radius 3 is 2.35 bits per heavy atom. The molecule has 1 radical (unpaired) electrons. The Morgan fingerprint density at radius 1 is 1.00 bits per heavy atom. The minimum atomic E-state index is 0.423. The third-order valence-corrected chi connectivity index (χ3v) is 2.92. The number of hydrogen-bond donors (Lipinski definition) is 0. The highest BCUT2D eigenvalue weighted by Crippen LogP contribution is 2.22. The quantitative estimate of drug-likeness (QED) is 0.778. The minimum Gasteiger partial charge on any atom is -0.489 e. The summed E-state index contributed by atoms with van der Waals surface area (Å²) in [6.45, 7) is 4.24. The molecule has 87 valence electrons. The Balaban J connectivity index is 2.04. The van der Waals surface area contributed by atoms with Crippen molar-refractivity contribution in [2.75, 3.05) is 0 Å². The lowest BCUT2D eigenvalue weighted by atomic mass is 10.2. The summed E-state index contributed by atoms with van der Waals surface area (Å²) in [5.74, 6) is 0.795. The maximum Gasteiger partial charge on any atom is 0.119 e. The van der Waals surface area contributed by atoms with Gasteiger partial charge in [-0.1, -0.05) is 41.4 Å². The van der Waals surface area contributed by atoms with Gasteiger partial charge in [-0.15, -0.1) is 0 Å². The van der Waals surface area contributed by atoms with E-state index >= 15 is 0 Å². The summed E-state index contributed by atoms with van der Waals surface area (Å²) < 4.78 is 5.61. The molecule has 3 heteroatoms. The fourth-order valence-electron chi connectivity index (χ4n) is 1.39. The van der Waals surface area contributed by atoms with Gasteiger partial charge in [0.05, 0.1) is 0 Å². The van der Waals surface area contributed by atoms with Crippen LogP contribution in [-0.4, -0.2) is 0 Å². The van der Waals surface area contributed by atoms with Gasteiger partial charge < -0.3 is 4.74 Å². The summed E-state index contributed by atoms with van der Waals surface area (Å²) in [6, 6.07) is 12.9. The van der Waals surface area contributed by atoms with Crippen LogP contribution in [0.2, 0.25) is 10.0 Å². The van der Waals surface area contributed by atoms with E-state index in [4.69, 9.17) is 27.9 Å². The van der Waals surface area contributed by atoms with Crippen molar-refractivity contribution in [2.24, 2.45) is 0 Å². The zero-order valence-electron chi connectivity index (χ0n) is 9.12. The lowest BCUT2D eigenvalue weighted by molar-refractivity contribution is 0.306. The van der Waals surface area contributed by atoms with E-state index in [-0.39, 0.29) is 0 Å². The molecule has 0 bridgehead atoms. The fraction of sp³-hybridized carbons (Fsp3) is 0.0714. The van der Waals surface area contributed by atoms with Crippen LogP contribution in [0, 0.1) is 6.92 Å². The van der Waals surface area contributed by atoms with Crippen molar-refractivity contribution in [2.45, 2.75) is 6.61 Å². The molecular weight excluding hydrogens is 255 g/mol. The molecule has 0 amide bonds. The van der Waals surface area contributed by atoms with Crippen LogP contribution in [0.5, 0.6) is 5.75 Å². The molecule has 2 aromatic carbocycles. The van der Waals surface area contributed by atoms with Gasteiger partial charge in [-0.25, -0.2) is 0 Å². The summed E-state index contributed by atoms with van der Waals surface area (Å²) in [4.78, 5) is 0. The second-order valence-electron chi connectivity index (χ2n) is 3.67. The van der Waals surface area contributed by atoms with Gasteiger partial charge in [0.1, 0.15) is 12.4 Å². The molecule has 0 aliphatic carbocycles. The summed E-state index contributed by atoms with van der Waals surface area (Å²) in [6.07, 6.45) is 0. The van der Waals surface area contributed by atoms with E-state index in [1.54, 1.807) is 12.1 Å². The van der Waals surface area contributed by atoms with Crippen LogP contribution < -0.4 is 4.74 Å². The Bertz CT molecular complexity index is 506. The maximum absolute atomic E-state index is 6.05. The molecule has 2 aromatic rings. The van der Waals surface area contributed by atoms with Gasteiger partial charge in [0, 0.05) is 15.6 Å². The van der Waals surface area contributed by atoms with Gasteiger partial charge in [-0.05, 0) is 36.8 Å². The summed E-state index contributed by atoms with van der Waals surface area (Å²) in [5, 5.41) is 1.24. The predicted molar refractivity (Wildman–Crippen MR) is 71.7 cm³/mol. The second-order valence-corrected chi connectivity index (χ2v) is 4.51. The van der Waals surface area contributed by atoms with Crippen molar-refractivity contribution in [3.05, 3.63) is 70.6 Å². The third-order valence-electron chi connectivity index (χ3n) is 2.33. The molecule has 17 heavy (non-hydrogen) atoms. The van der Waals surface area contributed by atoms with Crippen molar-refractivity contribution < 1.29 is 4.74 Å². The average Bonchev–Trinajstić information content (AvgIpc) is 2.30. The zero-order valence-corrected chi connectivity index (χ0v) is 10.6. The van der Waals surface area contributed by atoms with Crippen molar-refractivity contribution in [3.8, 4) is 5.75 Å². The van der Waals surface area contributed by atoms with Gasteiger partial charge in [0.25, 0.3) is 0 Å². The Morgan fingerprint density at radius 2 is 1.71 bits per heavy atom. The molecule has 0 heterocycles. The topological polar surface area (TPSA) is 9.23 Å². The van der Waals surface area contributed by atoms with Crippen molar-refractivity contribution in [1.29, 1.82) is 0 Å². The number of ether oxygens (including phenoxy) is 1. The van der Waals surface area contributed by atoms with Crippen LogP contribution in [0.4, 0.5) is 0 Å². The molecule has 0 aromatic heterocycles. The number of rotatable bonds is 3. The SMILES string of the molecule is [CH2]c1ccc(OCc2ccc(Cl)cc2Cl)cc1. The minimum absolute atomic E-state index is 0.423. The molecule has 0 aliphatic rings. The first-order chi connectivity index (χ1) is 8.15. The van der Waals surface area contributed by atoms with Gasteiger partial charge >= 0.3 is 0 Å². The molecule has 0 spiro atoms. The monoisotopic (exact) mass is 265 g/mol. The molecule has 0 fully saturated rings. The van der Waals surface area contributed by atoms with E-state index in [9.17, 15) is 0 Å². The smallest absolute Gasteiger partial charge is 0.119 e. The molecule has 0 atom stereocenters. The van der Waals surface area contributed by atoms with Crippen LogP contribution >= 0.6 is 23.2 Å². The van der Waals surface area contributed by atoms with E-state index in [1.807, 2.05) is 30.3 Å². The normalized spacial score (nSPS) is 10.3. The first kappa shape index (κ1) is 12.3. The Labute approximate surface area is 111 Å². The molecule has 0 aliphatic heterocycles. The zero-order chi connectivity index (χ0) is 12.3. The summed E-state index contributed by atoms with van der Waals surface area (Å²) in [7, 11) is 0. The van der Waals surface area contributed by atoms with Crippen LogP contribution in [0.25, 0.3) is 0 Å². The van der Waals surface area contributed by atoms with Crippen molar-refractivity contribution in [1.82, 2.24) is 0 Å². The van der Waals surface area contributed by atoms with Crippen LogP contribution in [0.1, 0.15) is 11.1 Å². The summed E-state index contributed by atoms with van der Waals surface area (Å²) in [5.41, 5.74) is 1.87. The highest BCUT2D eigenvalue weighted by atomic mass is 35.5. The molecule has 0 unspecified atom stereocenters. The molecule has 2 rings (SSSR count). The third kappa shape index (κ3) is 3.39. The molecular formula is C14H11Cl2O. The predicted octanol–water partition coefficient (Wildman–Crippen LogP) is 4.75. The second kappa shape index (κ2) is 5.44. The average molecular weight is 266 g/mol. The van der Waals surface area contributed by atoms with E-state index < -0.39 is 0 Å². The number of benzene rings is 2. The van der Waals surface area contributed by atoms with Crippen molar-refractivity contribution >= 4 is 23.2 Å². The Hall–Kier alpha value is -1.18. The molecule has 0 saturated heterocycles.